The largest absolute Gasteiger partial charge is 0.508 e. The molecule has 3 aromatic rings. The molecule has 126 valence electrons. The van der Waals surface area contributed by atoms with Crippen LogP contribution in [0, 0.1) is 5.82 Å². The lowest BCUT2D eigenvalue weighted by Crippen LogP contribution is -1.93. The van der Waals surface area contributed by atoms with E-state index < -0.39 is 11.6 Å². The molecule has 0 fully saturated rings. The Hall–Kier alpha value is -2.50. The van der Waals surface area contributed by atoms with Crippen LogP contribution in [0.3, 0.4) is 0 Å². The number of halogens is 2. The molecule has 1 aromatic heterocycles. The predicted octanol–water partition coefficient (Wildman–Crippen LogP) is 5.05. The first kappa shape index (κ1) is 16.0. The summed E-state index contributed by atoms with van der Waals surface area (Å²) in [6.45, 7) is 0. The summed E-state index contributed by atoms with van der Waals surface area (Å²) in [5, 5.41) is 23.7. The molecule has 3 nitrogen and oxygen atoms in total. The molecule has 0 aliphatic heterocycles. The second-order valence-electron chi connectivity index (χ2n) is 5.89. The van der Waals surface area contributed by atoms with Crippen LogP contribution >= 0.6 is 22.9 Å². The second kappa shape index (κ2) is 5.79. The molecule has 0 atom stereocenters. The summed E-state index contributed by atoms with van der Waals surface area (Å²) in [6, 6.07) is 7.43. The number of benzene rings is 2. The smallest absolute Gasteiger partial charge is 0.165 e. The van der Waals surface area contributed by atoms with Gasteiger partial charge in [0.25, 0.3) is 0 Å². The molecule has 4 rings (SSSR count). The van der Waals surface area contributed by atoms with Crippen LogP contribution in [-0.2, 0) is 6.42 Å². The normalized spacial score (nSPS) is 13.4. The van der Waals surface area contributed by atoms with Gasteiger partial charge in [-0.3, -0.25) is 0 Å². The Morgan fingerprint density at radius 1 is 1.08 bits per heavy atom. The molecular weight excluding hydrogens is 361 g/mol. The van der Waals surface area contributed by atoms with Gasteiger partial charge >= 0.3 is 0 Å². The minimum Gasteiger partial charge on any atom is -0.508 e. The van der Waals surface area contributed by atoms with Gasteiger partial charge in [-0.25, -0.2) is 4.39 Å². The number of nitrogens with two attached hydrogens (primary N) is 1. The molecule has 0 saturated heterocycles. The fraction of sp³-hybridized carbons (Fsp3) is 0.0526. The van der Waals surface area contributed by atoms with Gasteiger partial charge in [-0.1, -0.05) is 17.7 Å². The zero-order valence-electron chi connectivity index (χ0n) is 12.9. The van der Waals surface area contributed by atoms with E-state index in [2.05, 4.69) is 0 Å². The summed E-state index contributed by atoms with van der Waals surface area (Å²) in [5.74, 6) is -1.02. The number of fused-ring (bicyclic) bond motifs is 1. The van der Waals surface area contributed by atoms with E-state index in [1.807, 2.05) is 10.8 Å². The van der Waals surface area contributed by atoms with Gasteiger partial charge < -0.3 is 15.9 Å². The number of aromatic hydroxyl groups is 2. The van der Waals surface area contributed by atoms with Crippen molar-refractivity contribution in [3.05, 3.63) is 74.2 Å². The number of phenolic OH excluding ortho intramolecular Hbond substituents is 2. The average molecular weight is 374 g/mol. The molecule has 1 aliphatic carbocycles. The van der Waals surface area contributed by atoms with Crippen molar-refractivity contribution in [3.63, 3.8) is 0 Å². The highest BCUT2D eigenvalue weighted by Crippen LogP contribution is 2.48. The van der Waals surface area contributed by atoms with Gasteiger partial charge in [-0.15, -0.1) is 11.3 Å². The minimum absolute atomic E-state index is 0.0631. The van der Waals surface area contributed by atoms with Crippen LogP contribution < -0.4 is 5.73 Å². The number of thiophene rings is 1. The summed E-state index contributed by atoms with van der Waals surface area (Å²) in [7, 11) is 0. The van der Waals surface area contributed by atoms with Crippen molar-refractivity contribution in [2.45, 2.75) is 6.42 Å². The average Bonchev–Trinajstić information content (AvgIpc) is 3.13. The molecular formula is C19H13ClFNO2S. The van der Waals surface area contributed by atoms with E-state index in [0.717, 1.165) is 27.8 Å². The third-order valence-corrected chi connectivity index (χ3v) is 5.46. The first-order chi connectivity index (χ1) is 12.0. The van der Waals surface area contributed by atoms with Crippen LogP contribution in [0.1, 0.15) is 22.3 Å². The summed E-state index contributed by atoms with van der Waals surface area (Å²) in [5.41, 5.74) is 11.5. The molecule has 0 radical (unpaired) electrons. The van der Waals surface area contributed by atoms with Crippen LogP contribution in [-0.4, -0.2) is 10.2 Å². The molecule has 1 heterocycles. The van der Waals surface area contributed by atoms with Gasteiger partial charge in [0, 0.05) is 27.8 Å². The highest BCUT2D eigenvalue weighted by atomic mass is 35.5. The summed E-state index contributed by atoms with van der Waals surface area (Å²) >= 11 is 7.79. The maximum absolute atomic E-state index is 13.9. The topological polar surface area (TPSA) is 66.5 Å². The zero-order chi connectivity index (χ0) is 17.7. The molecule has 4 N–H and O–H groups in total. The number of allylic oxidation sites excluding steroid dienone is 1. The van der Waals surface area contributed by atoms with Crippen molar-refractivity contribution >= 4 is 39.8 Å². The minimum atomic E-state index is -0.687. The molecule has 0 unspecified atom stereocenters. The van der Waals surface area contributed by atoms with Crippen LogP contribution in [0.25, 0.3) is 11.1 Å². The summed E-state index contributed by atoms with van der Waals surface area (Å²) in [4.78, 5) is 0. The standard InChI is InChI=1S/C19H13ClFNO2S/c20-15-5-10(23)4-13-12(15)6-11(9-1-2-18(24)16(21)3-9)19(13)14-7-25-8-17(14)22/h1-5,7-8,23-24H,6,22H2. The molecule has 6 heteroatoms. The molecule has 0 bridgehead atoms. The van der Waals surface area contributed by atoms with E-state index in [1.54, 1.807) is 12.1 Å². The molecule has 2 aromatic carbocycles. The molecule has 0 amide bonds. The fourth-order valence-electron chi connectivity index (χ4n) is 3.21. The summed E-state index contributed by atoms with van der Waals surface area (Å²) in [6.07, 6.45) is 0.489. The quantitative estimate of drug-likeness (QED) is 0.589. The van der Waals surface area contributed by atoms with Crippen LogP contribution in [0.5, 0.6) is 11.5 Å². The van der Waals surface area contributed by atoms with Gasteiger partial charge in [0.1, 0.15) is 5.75 Å². The Kier molecular flexibility index (Phi) is 3.71. The van der Waals surface area contributed by atoms with Gasteiger partial charge in [0.15, 0.2) is 11.6 Å². The molecule has 0 saturated carbocycles. The first-order valence-corrected chi connectivity index (χ1v) is 8.83. The van der Waals surface area contributed by atoms with Crippen LogP contribution in [0.2, 0.25) is 5.02 Å². The predicted molar refractivity (Wildman–Crippen MR) is 99.5 cm³/mol. The van der Waals surface area contributed by atoms with Gasteiger partial charge in [-0.2, -0.15) is 0 Å². The highest BCUT2D eigenvalue weighted by Gasteiger charge is 2.28. The number of nitrogen functional groups attached to an aromatic ring is 1. The fourth-order valence-corrected chi connectivity index (χ4v) is 4.22. The molecule has 1 aliphatic rings. The SMILES string of the molecule is Nc1cscc1C1=C(c2ccc(O)c(F)c2)Cc2c(Cl)cc(O)cc21. The van der Waals surface area contributed by atoms with E-state index in [0.29, 0.717) is 22.7 Å². The van der Waals surface area contributed by atoms with Crippen molar-refractivity contribution < 1.29 is 14.6 Å². The third-order valence-electron chi connectivity index (χ3n) is 4.36. The zero-order valence-corrected chi connectivity index (χ0v) is 14.5. The number of hydrogen-bond donors (Lipinski definition) is 3. The Labute approximate surface area is 152 Å². The number of hydrogen-bond acceptors (Lipinski definition) is 4. The van der Waals surface area contributed by atoms with Crippen molar-refractivity contribution in [3.8, 4) is 11.5 Å². The van der Waals surface area contributed by atoms with E-state index in [4.69, 9.17) is 17.3 Å². The van der Waals surface area contributed by atoms with E-state index in [-0.39, 0.29) is 5.75 Å². The molecule has 25 heavy (non-hydrogen) atoms. The third kappa shape index (κ3) is 2.56. The second-order valence-corrected chi connectivity index (χ2v) is 7.04. The van der Waals surface area contributed by atoms with E-state index in [9.17, 15) is 14.6 Å². The number of anilines is 1. The maximum atomic E-state index is 13.9. The van der Waals surface area contributed by atoms with Gasteiger partial charge in [0.05, 0.1) is 5.69 Å². The highest BCUT2D eigenvalue weighted by molar-refractivity contribution is 7.08. The summed E-state index contributed by atoms with van der Waals surface area (Å²) < 4.78 is 13.9. The van der Waals surface area contributed by atoms with E-state index in [1.165, 1.54) is 29.5 Å². The van der Waals surface area contributed by atoms with Crippen LogP contribution in [0.4, 0.5) is 10.1 Å². The van der Waals surface area contributed by atoms with Gasteiger partial charge in [-0.05, 0) is 52.1 Å². The van der Waals surface area contributed by atoms with Crippen molar-refractivity contribution in [1.29, 1.82) is 0 Å². The van der Waals surface area contributed by atoms with Crippen LogP contribution in [0.15, 0.2) is 41.1 Å². The number of rotatable bonds is 2. The maximum Gasteiger partial charge on any atom is 0.165 e. The van der Waals surface area contributed by atoms with Crippen molar-refractivity contribution in [2.75, 3.05) is 5.73 Å². The van der Waals surface area contributed by atoms with Gasteiger partial charge in [0.2, 0.25) is 0 Å². The van der Waals surface area contributed by atoms with Crippen molar-refractivity contribution in [1.82, 2.24) is 0 Å². The lowest BCUT2D eigenvalue weighted by Gasteiger charge is -2.10. The Bertz CT molecular complexity index is 1040. The lowest BCUT2D eigenvalue weighted by atomic mass is 9.95. The lowest BCUT2D eigenvalue weighted by molar-refractivity contribution is 0.432. The number of phenols is 2. The Morgan fingerprint density at radius 3 is 2.56 bits per heavy atom. The first-order valence-electron chi connectivity index (χ1n) is 7.51. The Morgan fingerprint density at radius 2 is 1.88 bits per heavy atom. The van der Waals surface area contributed by atoms with Crippen molar-refractivity contribution in [2.24, 2.45) is 0 Å². The Balaban J connectivity index is 2.01. The monoisotopic (exact) mass is 373 g/mol. The molecule has 0 spiro atoms. The van der Waals surface area contributed by atoms with E-state index >= 15 is 0 Å².